The maximum absolute atomic E-state index is 14.3. The lowest BCUT2D eigenvalue weighted by Gasteiger charge is -2.41. The first-order valence-corrected chi connectivity index (χ1v) is 11.5. The first-order chi connectivity index (χ1) is 15.2. The van der Waals surface area contributed by atoms with Gasteiger partial charge in [0.25, 0.3) is 0 Å². The summed E-state index contributed by atoms with van der Waals surface area (Å²) in [5.74, 6) is 0.443. The molecule has 0 spiro atoms. The van der Waals surface area contributed by atoms with Crippen molar-refractivity contribution in [3.63, 3.8) is 0 Å². The van der Waals surface area contributed by atoms with E-state index in [1.165, 1.54) is 10.9 Å². The predicted octanol–water partition coefficient (Wildman–Crippen LogP) is 3.50. The molecule has 0 atom stereocenters. The zero-order chi connectivity index (χ0) is 21.1. The minimum Gasteiger partial charge on any atom is -0.379 e. The monoisotopic (exact) mass is 440 g/mol. The van der Waals surface area contributed by atoms with Crippen LogP contribution in [-0.4, -0.2) is 57.9 Å². The second-order valence-electron chi connectivity index (χ2n) is 8.15. The van der Waals surface area contributed by atoms with Crippen molar-refractivity contribution in [1.82, 2.24) is 25.1 Å². The third kappa shape index (κ3) is 4.44. The first-order valence-electron chi connectivity index (χ1n) is 10.7. The molecule has 4 heterocycles. The van der Waals surface area contributed by atoms with Gasteiger partial charge in [0.1, 0.15) is 22.3 Å². The lowest BCUT2D eigenvalue weighted by atomic mass is 9.66. The van der Waals surface area contributed by atoms with Crippen molar-refractivity contribution in [2.45, 2.75) is 31.2 Å². The highest BCUT2D eigenvalue weighted by molar-refractivity contribution is 7.14. The summed E-state index contributed by atoms with van der Waals surface area (Å²) in [6.45, 7) is 4.98. The van der Waals surface area contributed by atoms with Gasteiger partial charge in [-0.25, -0.2) is 9.37 Å². The smallest absolute Gasteiger partial charge is 0.148 e. The number of hydrogen-bond acceptors (Lipinski definition) is 8. The van der Waals surface area contributed by atoms with Gasteiger partial charge in [-0.2, -0.15) is 0 Å². The summed E-state index contributed by atoms with van der Waals surface area (Å²) in [7, 11) is 0. The highest BCUT2D eigenvalue weighted by Gasteiger charge is 2.41. The molecule has 9 heteroatoms. The van der Waals surface area contributed by atoms with Crippen molar-refractivity contribution in [2.75, 3.05) is 38.2 Å². The number of morpholine rings is 1. The molecule has 0 aromatic carbocycles. The van der Waals surface area contributed by atoms with Crippen molar-refractivity contribution in [3.05, 3.63) is 53.0 Å². The summed E-state index contributed by atoms with van der Waals surface area (Å²) >= 11 is 1.65. The number of nitrogens with zero attached hydrogens (tertiary/aromatic N) is 5. The van der Waals surface area contributed by atoms with Gasteiger partial charge >= 0.3 is 0 Å². The van der Waals surface area contributed by atoms with Crippen LogP contribution in [0.2, 0.25) is 0 Å². The van der Waals surface area contributed by atoms with Gasteiger partial charge in [0.05, 0.1) is 18.9 Å². The summed E-state index contributed by atoms with van der Waals surface area (Å²) in [4.78, 5) is 12.4. The number of aromatic nitrogens is 4. The van der Waals surface area contributed by atoms with Gasteiger partial charge in [-0.3, -0.25) is 9.88 Å². The van der Waals surface area contributed by atoms with Crippen LogP contribution in [0.4, 0.5) is 10.2 Å². The van der Waals surface area contributed by atoms with Crippen LogP contribution in [0.25, 0.3) is 10.7 Å². The summed E-state index contributed by atoms with van der Waals surface area (Å²) in [6, 6.07) is 6.96. The molecule has 0 bridgehead atoms. The molecule has 1 saturated heterocycles. The molecule has 2 aliphatic rings. The number of thiazole rings is 1. The molecular formula is C22H25FN6OS. The summed E-state index contributed by atoms with van der Waals surface area (Å²) in [5, 5.41) is 12.9. The largest absolute Gasteiger partial charge is 0.379 e. The minimum atomic E-state index is -0.268. The molecule has 1 aliphatic heterocycles. The number of anilines is 1. The molecule has 1 aliphatic carbocycles. The maximum Gasteiger partial charge on any atom is 0.148 e. The van der Waals surface area contributed by atoms with E-state index in [-0.39, 0.29) is 11.2 Å². The van der Waals surface area contributed by atoms with Crippen molar-refractivity contribution < 1.29 is 9.13 Å². The fourth-order valence-corrected chi connectivity index (χ4v) is 5.08. The molecule has 162 valence electrons. The molecule has 3 aromatic heterocycles. The van der Waals surface area contributed by atoms with Crippen LogP contribution in [-0.2, 0) is 16.7 Å². The van der Waals surface area contributed by atoms with Crippen LogP contribution in [0.5, 0.6) is 0 Å². The average molecular weight is 441 g/mol. The standard InChI is InChI=1S/C22H25FN6OS/c23-17-3-1-8-24-20(17)22(6-2-7-22)15-26-19-5-4-18(27-28-19)21-25-13-16(31-21)14-29-9-11-30-12-10-29/h1,3-5,8,13H,2,6-7,9-12,14-15H2,(H,26,28). The normalized spacial score (nSPS) is 18.5. The predicted molar refractivity (Wildman–Crippen MR) is 117 cm³/mol. The SMILES string of the molecule is Fc1cccnc1C1(CNc2ccc(-c3ncc(CN4CCOCC4)s3)nn2)CCC1. The molecule has 5 rings (SSSR count). The van der Waals surface area contributed by atoms with E-state index in [1.54, 1.807) is 23.6 Å². The van der Waals surface area contributed by atoms with E-state index in [0.717, 1.165) is 62.8 Å². The second-order valence-corrected chi connectivity index (χ2v) is 9.26. The summed E-state index contributed by atoms with van der Waals surface area (Å²) in [5.41, 5.74) is 1.04. The van der Waals surface area contributed by atoms with Crippen LogP contribution in [0.3, 0.4) is 0 Å². The van der Waals surface area contributed by atoms with Crippen LogP contribution in [0.1, 0.15) is 29.8 Å². The lowest BCUT2D eigenvalue weighted by Crippen LogP contribution is -2.42. The third-order valence-electron chi connectivity index (χ3n) is 6.10. The molecule has 0 amide bonds. The van der Waals surface area contributed by atoms with E-state index in [4.69, 9.17) is 4.74 Å². The number of pyridine rings is 1. The third-order valence-corrected chi connectivity index (χ3v) is 7.10. The number of halogens is 1. The van der Waals surface area contributed by atoms with Gasteiger partial charge in [-0.1, -0.05) is 6.42 Å². The van der Waals surface area contributed by atoms with Crippen molar-refractivity contribution >= 4 is 17.2 Å². The maximum atomic E-state index is 14.3. The highest BCUT2D eigenvalue weighted by atomic mass is 32.1. The quantitative estimate of drug-likeness (QED) is 0.603. The Morgan fingerprint density at radius 1 is 1.13 bits per heavy atom. The highest BCUT2D eigenvalue weighted by Crippen LogP contribution is 2.43. The average Bonchev–Trinajstić information content (AvgIpc) is 3.24. The van der Waals surface area contributed by atoms with Crippen molar-refractivity contribution in [3.8, 4) is 10.7 Å². The zero-order valence-corrected chi connectivity index (χ0v) is 18.1. The number of ether oxygens (including phenoxy) is 1. The number of nitrogens with one attached hydrogen (secondary N) is 1. The molecular weight excluding hydrogens is 415 g/mol. The fraction of sp³-hybridized carbons (Fsp3) is 0.455. The van der Waals surface area contributed by atoms with E-state index in [9.17, 15) is 4.39 Å². The molecule has 1 N–H and O–H groups in total. The Morgan fingerprint density at radius 3 is 2.71 bits per heavy atom. The Morgan fingerprint density at radius 2 is 2.00 bits per heavy atom. The molecule has 1 saturated carbocycles. The van der Waals surface area contributed by atoms with Gasteiger partial charge < -0.3 is 10.1 Å². The van der Waals surface area contributed by atoms with E-state index < -0.39 is 0 Å². The van der Waals surface area contributed by atoms with Crippen LogP contribution in [0, 0.1) is 5.82 Å². The number of hydrogen-bond donors (Lipinski definition) is 1. The Labute approximate surface area is 184 Å². The Bertz CT molecular complexity index is 1020. The molecule has 7 nitrogen and oxygen atoms in total. The Kier molecular flexibility index (Phi) is 5.89. The Balaban J connectivity index is 1.22. The first kappa shape index (κ1) is 20.4. The van der Waals surface area contributed by atoms with E-state index in [0.29, 0.717) is 18.1 Å². The topological polar surface area (TPSA) is 76.1 Å². The fourth-order valence-electron chi connectivity index (χ4n) is 4.16. The van der Waals surface area contributed by atoms with Gasteiger partial charge in [0.2, 0.25) is 0 Å². The molecule has 2 fully saturated rings. The van der Waals surface area contributed by atoms with Gasteiger partial charge in [0, 0.05) is 48.9 Å². The Hall–Kier alpha value is -2.49. The van der Waals surface area contributed by atoms with Gasteiger partial charge in [-0.05, 0) is 37.1 Å². The summed E-state index contributed by atoms with van der Waals surface area (Å²) in [6.07, 6.45) is 6.51. The van der Waals surface area contributed by atoms with Gasteiger partial charge in [0.15, 0.2) is 0 Å². The van der Waals surface area contributed by atoms with Crippen molar-refractivity contribution in [1.29, 1.82) is 0 Å². The molecule has 0 radical (unpaired) electrons. The zero-order valence-electron chi connectivity index (χ0n) is 17.3. The van der Waals surface area contributed by atoms with Crippen molar-refractivity contribution in [2.24, 2.45) is 0 Å². The minimum absolute atomic E-state index is 0.234. The van der Waals surface area contributed by atoms with E-state index in [2.05, 4.69) is 30.4 Å². The van der Waals surface area contributed by atoms with Crippen LogP contribution >= 0.6 is 11.3 Å². The molecule has 0 unspecified atom stereocenters. The second kappa shape index (κ2) is 8.94. The molecule has 3 aromatic rings. The van der Waals surface area contributed by atoms with Crippen LogP contribution in [0.15, 0.2) is 36.7 Å². The number of rotatable bonds is 7. The van der Waals surface area contributed by atoms with Gasteiger partial charge in [-0.15, -0.1) is 21.5 Å². The molecule has 31 heavy (non-hydrogen) atoms. The van der Waals surface area contributed by atoms with Crippen LogP contribution < -0.4 is 5.32 Å². The summed E-state index contributed by atoms with van der Waals surface area (Å²) < 4.78 is 19.7. The lowest BCUT2D eigenvalue weighted by molar-refractivity contribution is 0.0346. The van der Waals surface area contributed by atoms with E-state index >= 15 is 0 Å². The van der Waals surface area contributed by atoms with E-state index in [1.807, 2.05) is 18.3 Å².